The number of rotatable bonds is 5. The average Bonchev–Trinajstić information content (AvgIpc) is 3.06. The van der Waals surface area contributed by atoms with Crippen molar-refractivity contribution in [1.82, 2.24) is 4.57 Å². The molecule has 0 bridgehead atoms. The Balaban J connectivity index is 1.94. The van der Waals surface area contributed by atoms with E-state index in [0.717, 1.165) is 23.5 Å². The van der Waals surface area contributed by atoms with Crippen LogP contribution in [-0.4, -0.2) is 28.0 Å². The maximum absolute atomic E-state index is 12.0. The first-order chi connectivity index (χ1) is 12.9. The third-order valence-corrected chi connectivity index (χ3v) is 4.70. The predicted molar refractivity (Wildman–Crippen MR) is 107 cm³/mol. The number of benzene rings is 1. The molecule has 1 aromatic heterocycles. The third kappa shape index (κ3) is 3.72. The molecule has 1 N–H and O–H groups in total. The van der Waals surface area contributed by atoms with E-state index >= 15 is 0 Å². The van der Waals surface area contributed by atoms with Gasteiger partial charge in [0.2, 0.25) is 0 Å². The highest BCUT2D eigenvalue weighted by Crippen LogP contribution is 2.28. The third-order valence-electron chi connectivity index (χ3n) is 4.70. The second-order valence-corrected chi connectivity index (χ2v) is 6.57. The Hall–Kier alpha value is -3.08. The van der Waals surface area contributed by atoms with Gasteiger partial charge in [0, 0.05) is 17.9 Å². The van der Waals surface area contributed by atoms with E-state index in [-0.39, 0.29) is 17.9 Å². The van der Waals surface area contributed by atoms with E-state index in [0.29, 0.717) is 11.4 Å². The highest BCUT2D eigenvalue weighted by atomic mass is 16.5. The number of carbonyl (C=O) groups excluding carboxylic acids is 1. The summed E-state index contributed by atoms with van der Waals surface area (Å²) in [6.07, 6.45) is 1.81. The van der Waals surface area contributed by atoms with Crippen molar-refractivity contribution in [2.75, 3.05) is 6.61 Å². The summed E-state index contributed by atoms with van der Waals surface area (Å²) < 4.78 is 7.23. The zero-order valence-electron chi connectivity index (χ0n) is 16.1. The number of esters is 1. The lowest BCUT2D eigenvalue weighted by molar-refractivity contribution is -0.138. The highest BCUT2D eigenvalue weighted by molar-refractivity contribution is 6.22. The Morgan fingerprint density at radius 1 is 1.22 bits per heavy atom. The number of aliphatic imine (C=N–C) groups is 1. The molecule has 5 nitrogen and oxygen atoms in total. The molecule has 2 heterocycles. The van der Waals surface area contributed by atoms with Gasteiger partial charge in [-0.1, -0.05) is 30.3 Å². The van der Waals surface area contributed by atoms with Gasteiger partial charge in [-0.2, -0.15) is 0 Å². The van der Waals surface area contributed by atoms with E-state index in [1.165, 1.54) is 5.56 Å². The van der Waals surface area contributed by atoms with Crippen molar-refractivity contribution in [2.24, 2.45) is 4.99 Å². The van der Waals surface area contributed by atoms with Crippen LogP contribution in [0.15, 0.2) is 58.4 Å². The smallest absolute Gasteiger partial charge is 0.343 e. The summed E-state index contributed by atoms with van der Waals surface area (Å²) in [7, 11) is 0. The monoisotopic (exact) mass is 364 g/mol. The molecule has 0 fully saturated rings. The van der Waals surface area contributed by atoms with E-state index in [2.05, 4.69) is 34.7 Å². The average molecular weight is 364 g/mol. The minimum absolute atomic E-state index is 0.126. The molecule has 1 aliphatic rings. The van der Waals surface area contributed by atoms with Gasteiger partial charge in [0.25, 0.3) is 0 Å². The van der Waals surface area contributed by atoms with Crippen molar-refractivity contribution in [3.8, 4) is 0 Å². The molecule has 0 atom stereocenters. The summed E-state index contributed by atoms with van der Waals surface area (Å²) in [5.41, 5.74) is 5.38. The summed E-state index contributed by atoms with van der Waals surface area (Å²) in [6.45, 7) is 8.56. The number of aromatic nitrogens is 1. The molecule has 1 aliphatic heterocycles. The number of carbonyl (C=O) groups is 1. The van der Waals surface area contributed by atoms with Crippen molar-refractivity contribution in [2.45, 2.75) is 34.2 Å². The van der Waals surface area contributed by atoms with Gasteiger partial charge in [-0.25, -0.2) is 9.79 Å². The standard InChI is InChI=1S/C22H24N2O3/c1-5-27-22(26)20-15(3)23-19(21(20)25)12-18-11-14(2)24(16(18)4)13-17-9-7-6-8-10-17/h6-12,25H,5,13H2,1-4H3/b19-12+. The largest absolute Gasteiger partial charge is 0.505 e. The molecule has 0 radical (unpaired) electrons. The quantitative estimate of drug-likeness (QED) is 0.803. The lowest BCUT2D eigenvalue weighted by Crippen LogP contribution is -2.13. The molecular formula is C22H24N2O3. The minimum atomic E-state index is -0.547. The van der Waals surface area contributed by atoms with Crippen LogP contribution >= 0.6 is 0 Å². The summed E-state index contributed by atoms with van der Waals surface area (Å²) in [6, 6.07) is 12.3. The van der Waals surface area contributed by atoms with E-state index < -0.39 is 5.97 Å². The summed E-state index contributed by atoms with van der Waals surface area (Å²) >= 11 is 0. The first-order valence-corrected chi connectivity index (χ1v) is 9.01. The van der Waals surface area contributed by atoms with Crippen LogP contribution in [-0.2, 0) is 16.1 Å². The van der Waals surface area contributed by atoms with Gasteiger partial charge in [-0.15, -0.1) is 0 Å². The summed E-state index contributed by atoms with van der Waals surface area (Å²) in [4.78, 5) is 16.4. The number of aryl methyl sites for hydroxylation is 1. The number of hydrogen-bond donors (Lipinski definition) is 1. The van der Waals surface area contributed by atoms with Crippen LogP contribution in [0.2, 0.25) is 0 Å². The summed E-state index contributed by atoms with van der Waals surface area (Å²) in [5.74, 6) is -0.673. The first-order valence-electron chi connectivity index (χ1n) is 9.01. The van der Waals surface area contributed by atoms with Gasteiger partial charge >= 0.3 is 5.97 Å². The Kier molecular flexibility index (Phi) is 5.31. The van der Waals surface area contributed by atoms with Gasteiger partial charge in [0.05, 0.1) is 12.3 Å². The van der Waals surface area contributed by atoms with Gasteiger partial charge in [0.1, 0.15) is 11.3 Å². The molecule has 2 aromatic rings. The molecule has 27 heavy (non-hydrogen) atoms. The van der Waals surface area contributed by atoms with Gasteiger partial charge in [0.15, 0.2) is 5.76 Å². The fraction of sp³-hybridized carbons (Fsp3) is 0.273. The van der Waals surface area contributed by atoms with Gasteiger partial charge in [-0.3, -0.25) is 0 Å². The molecular weight excluding hydrogens is 340 g/mol. The Morgan fingerprint density at radius 2 is 1.93 bits per heavy atom. The fourth-order valence-electron chi connectivity index (χ4n) is 3.27. The van der Waals surface area contributed by atoms with Crippen LogP contribution < -0.4 is 0 Å². The van der Waals surface area contributed by atoms with E-state index in [1.54, 1.807) is 13.8 Å². The summed E-state index contributed by atoms with van der Waals surface area (Å²) in [5, 5.41) is 10.5. The second-order valence-electron chi connectivity index (χ2n) is 6.57. The lowest BCUT2D eigenvalue weighted by Gasteiger charge is -2.09. The highest BCUT2D eigenvalue weighted by Gasteiger charge is 2.27. The van der Waals surface area contributed by atoms with Gasteiger partial charge < -0.3 is 14.4 Å². The Bertz CT molecular complexity index is 963. The SMILES string of the molecule is CCOC(=O)C1=C(O)/C(=C\c2cc(C)n(Cc3ccccc3)c2C)N=C1C. The van der Waals surface area contributed by atoms with Crippen LogP contribution in [0.1, 0.15) is 36.4 Å². The number of aliphatic hydroxyl groups excluding tert-OH is 1. The maximum atomic E-state index is 12.0. The van der Waals surface area contributed by atoms with Crippen LogP contribution in [0.5, 0.6) is 0 Å². The topological polar surface area (TPSA) is 63.8 Å². The number of nitrogens with zero attached hydrogens (tertiary/aromatic N) is 2. The van der Waals surface area contributed by atoms with Crippen molar-refractivity contribution >= 4 is 17.8 Å². The van der Waals surface area contributed by atoms with E-state index in [9.17, 15) is 9.90 Å². The van der Waals surface area contributed by atoms with Crippen molar-refractivity contribution in [3.63, 3.8) is 0 Å². The van der Waals surface area contributed by atoms with Crippen LogP contribution in [0.3, 0.4) is 0 Å². The number of ether oxygens (including phenoxy) is 1. The van der Waals surface area contributed by atoms with Crippen molar-refractivity contribution in [3.05, 3.63) is 75.9 Å². The first kappa shape index (κ1) is 18.7. The minimum Gasteiger partial charge on any atom is -0.505 e. The molecule has 0 unspecified atom stereocenters. The Morgan fingerprint density at radius 3 is 2.59 bits per heavy atom. The number of aliphatic hydroxyl groups is 1. The molecule has 0 aliphatic carbocycles. The predicted octanol–water partition coefficient (Wildman–Crippen LogP) is 4.34. The van der Waals surface area contributed by atoms with E-state index in [4.69, 9.17) is 4.74 Å². The maximum Gasteiger partial charge on any atom is 0.343 e. The lowest BCUT2D eigenvalue weighted by atomic mass is 10.1. The van der Waals surface area contributed by atoms with Gasteiger partial charge in [-0.05, 0) is 51.0 Å². The Labute approximate surface area is 159 Å². The zero-order chi connectivity index (χ0) is 19.6. The molecule has 140 valence electrons. The molecule has 0 saturated heterocycles. The molecule has 3 rings (SSSR count). The van der Waals surface area contributed by atoms with Crippen LogP contribution in [0, 0.1) is 13.8 Å². The zero-order valence-corrected chi connectivity index (χ0v) is 16.1. The molecule has 0 amide bonds. The molecule has 5 heteroatoms. The van der Waals surface area contributed by atoms with Crippen LogP contribution in [0.25, 0.3) is 6.08 Å². The molecule has 0 spiro atoms. The second kappa shape index (κ2) is 7.66. The fourth-order valence-corrected chi connectivity index (χ4v) is 3.27. The molecule has 1 aromatic carbocycles. The normalized spacial score (nSPS) is 15.4. The van der Waals surface area contributed by atoms with Crippen molar-refractivity contribution in [1.29, 1.82) is 0 Å². The van der Waals surface area contributed by atoms with Crippen LogP contribution in [0.4, 0.5) is 0 Å². The van der Waals surface area contributed by atoms with E-state index in [1.807, 2.05) is 31.2 Å². The molecule has 0 saturated carbocycles. The van der Waals surface area contributed by atoms with Crippen molar-refractivity contribution < 1.29 is 14.6 Å². The number of hydrogen-bond acceptors (Lipinski definition) is 4.